The van der Waals surface area contributed by atoms with Gasteiger partial charge in [-0.3, -0.25) is 19.7 Å². The summed E-state index contributed by atoms with van der Waals surface area (Å²) in [5, 5.41) is 0. The Balaban J connectivity index is 1.28. The SMILES string of the molecule is CCC(=O)Cc1ccc(-c2ccc3ncc(N4CCN(Cc5cccnc5)CC4)nc3c2)cc1. The van der Waals surface area contributed by atoms with Gasteiger partial charge in [0.1, 0.15) is 11.6 Å². The summed E-state index contributed by atoms with van der Waals surface area (Å²) in [6.45, 7) is 6.67. The zero-order chi connectivity index (χ0) is 23.3. The van der Waals surface area contributed by atoms with Crippen molar-refractivity contribution in [2.24, 2.45) is 0 Å². The first-order valence-corrected chi connectivity index (χ1v) is 11.9. The van der Waals surface area contributed by atoms with Gasteiger partial charge in [-0.1, -0.05) is 43.3 Å². The average molecular weight is 452 g/mol. The molecule has 0 N–H and O–H groups in total. The van der Waals surface area contributed by atoms with Gasteiger partial charge in [0.2, 0.25) is 0 Å². The van der Waals surface area contributed by atoms with Gasteiger partial charge >= 0.3 is 0 Å². The van der Waals surface area contributed by atoms with E-state index >= 15 is 0 Å². The Morgan fingerprint density at radius 3 is 2.41 bits per heavy atom. The maximum absolute atomic E-state index is 11.7. The van der Waals surface area contributed by atoms with Crippen LogP contribution in [0, 0.1) is 0 Å². The molecule has 2 aromatic carbocycles. The molecule has 1 aliphatic rings. The van der Waals surface area contributed by atoms with E-state index < -0.39 is 0 Å². The number of fused-ring (bicyclic) bond motifs is 1. The molecule has 34 heavy (non-hydrogen) atoms. The molecule has 0 radical (unpaired) electrons. The third-order valence-electron chi connectivity index (χ3n) is 6.44. The highest BCUT2D eigenvalue weighted by molar-refractivity contribution is 5.83. The molecular weight excluding hydrogens is 422 g/mol. The molecule has 0 unspecified atom stereocenters. The summed E-state index contributed by atoms with van der Waals surface area (Å²) in [4.78, 5) is 30.3. The fourth-order valence-corrected chi connectivity index (χ4v) is 4.39. The lowest BCUT2D eigenvalue weighted by Gasteiger charge is -2.35. The third-order valence-corrected chi connectivity index (χ3v) is 6.44. The molecule has 1 fully saturated rings. The minimum absolute atomic E-state index is 0.263. The van der Waals surface area contributed by atoms with Gasteiger partial charge in [-0.15, -0.1) is 0 Å². The number of carbonyl (C=O) groups excluding carboxylic acids is 1. The Morgan fingerprint density at radius 1 is 0.882 bits per heavy atom. The van der Waals surface area contributed by atoms with Crippen LogP contribution in [0.1, 0.15) is 24.5 Å². The Bertz CT molecular complexity index is 1270. The van der Waals surface area contributed by atoms with Crippen molar-refractivity contribution < 1.29 is 4.79 Å². The Hall–Kier alpha value is -3.64. The minimum atomic E-state index is 0.263. The number of pyridine rings is 1. The summed E-state index contributed by atoms with van der Waals surface area (Å²) < 4.78 is 0. The number of hydrogen-bond acceptors (Lipinski definition) is 6. The second-order valence-electron chi connectivity index (χ2n) is 8.82. The van der Waals surface area contributed by atoms with Gasteiger partial charge in [-0.25, -0.2) is 4.98 Å². The Kier molecular flexibility index (Phi) is 6.58. The lowest BCUT2D eigenvalue weighted by atomic mass is 10.0. The van der Waals surface area contributed by atoms with Crippen LogP contribution in [0.2, 0.25) is 0 Å². The molecule has 172 valence electrons. The van der Waals surface area contributed by atoms with Crippen LogP contribution < -0.4 is 4.90 Å². The maximum Gasteiger partial charge on any atom is 0.147 e. The summed E-state index contributed by atoms with van der Waals surface area (Å²) >= 11 is 0. The van der Waals surface area contributed by atoms with Crippen LogP contribution in [-0.2, 0) is 17.8 Å². The van der Waals surface area contributed by atoms with Crippen molar-refractivity contribution in [2.45, 2.75) is 26.3 Å². The molecule has 2 aromatic heterocycles. The molecule has 0 bridgehead atoms. The summed E-state index contributed by atoms with van der Waals surface area (Å²) in [7, 11) is 0. The first-order valence-electron chi connectivity index (χ1n) is 11.9. The molecule has 0 aliphatic carbocycles. The molecule has 0 saturated carbocycles. The molecule has 0 amide bonds. The molecule has 6 heteroatoms. The molecule has 0 spiro atoms. The van der Waals surface area contributed by atoms with Crippen molar-refractivity contribution in [2.75, 3.05) is 31.1 Å². The highest BCUT2D eigenvalue weighted by atomic mass is 16.1. The fraction of sp³-hybridized carbons (Fsp3) is 0.286. The van der Waals surface area contributed by atoms with Crippen molar-refractivity contribution in [1.29, 1.82) is 0 Å². The van der Waals surface area contributed by atoms with E-state index in [4.69, 9.17) is 4.98 Å². The quantitative estimate of drug-likeness (QED) is 0.411. The van der Waals surface area contributed by atoms with Crippen molar-refractivity contribution in [3.8, 4) is 11.1 Å². The van der Waals surface area contributed by atoms with Gasteiger partial charge in [0, 0.05) is 58.0 Å². The largest absolute Gasteiger partial charge is 0.353 e. The van der Waals surface area contributed by atoms with Gasteiger partial charge in [-0.05, 0) is 40.5 Å². The van der Waals surface area contributed by atoms with Gasteiger partial charge < -0.3 is 4.90 Å². The number of carbonyl (C=O) groups is 1. The lowest BCUT2D eigenvalue weighted by Crippen LogP contribution is -2.46. The van der Waals surface area contributed by atoms with Crippen molar-refractivity contribution in [3.05, 3.63) is 84.3 Å². The molecule has 3 heterocycles. The second kappa shape index (κ2) is 10.1. The number of Topliss-reactive ketones (excluding diaryl/α,β-unsaturated/α-hetero) is 1. The smallest absolute Gasteiger partial charge is 0.147 e. The van der Waals surface area contributed by atoms with Crippen LogP contribution >= 0.6 is 0 Å². The van der Waals surface area contributed by atoms with Gasteiger partial charge in [0.25, 0.3) is 0 Å². The minimum Gasteiger partial charge on any atom is -0.353 e. The van der Waals surface area contributed by atoms with Crippen molar-refractivity contribution >= 4 is 22.6 Å². The molecule has 6 nitrogen and oxygen atoms in total. The maximum atomic E-state index is 11.7. The van der Waals surface area contributed by atoms with E-state index in [9.17, 15) is 4.79 Å². The summed E-state index contributed by atoms with van der Waals surface area (Å²) in [6, 6.07) is 18.6. The van der Waals surface area contributed by atoms with Gasteiger partial charge in [0.05, 0.1) is 17.2 Å². The number of rotatable bonds is 7. The van der Waals surface area contributed by atoms with Gasteiger partial charge in [0.15, 0.2) is 0 Å². The predicted octanol–water partition coefficient (Wildman–Crippen LogP) is 4.54. The molecule has 4 aromatic rings. The molecule has 1 aliphatic heterocycles. The Morgan fingerprint density at radius 2 is 1.68 bits per heavy atom. The highest BCUT2D eigenvalue weighted by Crippen LogP contribution is 2.25. The van der Waals surface area contributed by atoms with E-state index in [0.29, 0.717) is 12.8 Å². The Labute approximate surface area is 200 Å². The van der Waals surface area contributed by atoms with Crippen LogP contribution in [0.25, 0.3) is 22.2 Å². The normalized spacial score (nSPS) is 14.4. The topological polar surface area (TPSA) is 62.2 Å². The zero-order valence-electron chi connectivity index (χ0n) is 19.5. The fourth-order valence-electron chi connectivity index (χ4n) is 4.39. The number of benzene rings is 2. The van der Waals surface area contributed by atoms with Crippen LogP contribution in [-0.4, -0.2) is 51.8 Å². The number of hydrogen-bond donors (Lipinski definition) is 0. The lowest BCUT2D eigenvalue weighted by molar-refractivity contribution is -0.118. The standard InChI is InChI=1S/C28H29N5O/c1-2-25(34)16-21-5-7-23(8-6-21)24-9-10-26-27(17-24)31-28(19-30-26)33-14-12-32(13-15-33)20-22-4-3-11-29-18-22/h3-11,17-19H,2,12-16,20H2,1H3. The summed E-state index contributed by atoms with van der Waals surface area (Å²) in [5.74, 6) is 1.19. The van der Waals surface area contributed by atoms with Crippen molar-refractivity contribution in [1.82, 2.24) is 19.9 Å². The number of anilines is 1. The number of nitrogens with zero attached hydrogens (tertiary/aromatic N) is 5. The zero-order valence-corrected chi connectivity index (χ0v) is 19.5. The molecule has 5 rings (SSSR count). The van der Waals surface area contributed by atoms with Gasteiger partial charge in [-0.2, -0.15) is 0 Å². The molecule has 1 saturated heterocycles. The molecular formula is C28H29N5O. The molecule has 0 atom stereocenters. The van der Waals surface area contributed by atoms with E-state index in [1.807, 2.05) is 49.8 Å². The first-order chi connectivity index (χ1) is 16.7. The monoisotopic (exact) mass is 451 g/mol. The second-order valence-corrected chi connectivity index (χ2v) is 8.82. The number of aromatic nitrogens is 3. The van der Waals surface area contributed by atoms with Crippen LogP contribution in [0.3, 0.4) is 0 Å². The predicted molar refractivity (Wildman–Crippen MR) is 136 cm³/mol. The van der Waals surface area contributed by atoms with Crippen LogP contribution in [0.5, 0.6) is 0 Å². The number of ketones is 1. The third kappa shape index (κ3) is 5.13. The summed E-state index contributed by atoms with van der Waals surface area (Å²) in [5.41, 5.74) is 6.32. The van der Waals surface area contributed by atoms with E-state index in [0.717, 1.165) is 66.3 Å². The van der Waals surface area contributed by atoms with E-state index in [-0.39, 0.29) is 5.78 Å². The van der Waals surface area contributed by atoms with Crippen molar-refractivity contribution in [3.63, 3.8) is 0 Å². The highest BCUT2D eigenvalue weighted by Gasteiger charge is 2.19. The van der Waals surface area contributed by atoms with E-state index in [1.54, 1.807) is 0 Å². The first kappa shape index (κ1) is 22.2. The average Bonchev–Trinajstić information content (AvgIpc) is 2.89. The number of piperazine rings is 1. The van der Waals surface area contributed by atoms with E-state index in [2.05, 4.69) is 50.1 Å². The van der Waals surface area contributed by atoms with E-state index in [1.165, 1.54) is 5.56 Å². The van der Waals surface area contributed by atoms with Crippen LogP contribution in [0.4, 0.5) is 5.82 Å². The summed E-state index contributed by atoms with van der Waals surface area (Å²) in [6.07, 6.45) is 6.72. The van der Waals surface area contributed by atoms with Crippen LogP contribution in [0.15, 0.2) is 73.2 Å².